The van der Waals surface area contributed by atoms with Crippen LogP contribution in [0.3, 0.4) is 0 Å². The minimum absolute atomic E-state index is 0.304. The van der Waals surface area contributed by atoms with Crippen LogP contribution in [0.15, 0.2) is 0 Å². The molecule has 3 rings (SSSR count). The van der Waals surface area contributed by atoms with Gasteiger partial charge in [-0.2, -0.15) is 0 Å². The summed E-state index contributed by atoms with van der Waals surface area (Å²) < 4.78 is 0. The monoisotopic (exact) mass is 279 g/mol. The molecular formula is C15H22ClN3. The Bertz CT molecular complexity index is 487. The molecule has 2 aliphatic carbocycles. The first-order valence-corrected chi connectivity index (χ1v) is 7.73. The van der Waals surface area contributed by atoms with Crippen molar-refractivity contribution < 1.29 is 0 Å². The van der Waals surface area contributed by atoms with Crippen molar-refractivity contribution in [2.45, 2.75) is 58.4 Å². The highest BCUT2D eigenvalue weighted by Crippen LogP contribution is 2.45. The third-order valence-electron chi connectivity index (χ3n) is 4.68. The molecular weight excluding hydrogens is 258 g/mol. The summed E-state index contributed by atoms with van der Waals surface area (Å²) in [5.41, 5.74) is 0.980. The van der Waals surface area contributed by atoms with Crippen LogP contribution in [0.25, 0.3) is 0 Å². The van der Waals surface area contributed by atoms with Crippen LogP contribution >= 0.6 is 11.6 Å². The number of anilines is 1. The number of halogens is 1. The van der Waals surface area contributed by atoms with Crippen LogP contribution in [0.2, 0.25) is 5.15 Å². The van der Waals surface area contributed by atoms with Crippen LogP contribution in [-0.4, -0.2) is 16.0 Å². The quantitative estimate of drug-likeness (QED) is 0.844. The number of fused-ring (bicyclic) bond motifs is 2. The van der Waals surface area contributed by atoms with Gasteiger partial charge in [-0.3, -0.25) is 0 Å². The molecule has 104 valence electrons. The van der Waals surface area contributed by atoms with Gasteiger partial charge in [0.05, 0.1) is 0 Å². The predicted molar refractivity (Wildman–Crippen MR) is 78.7 cm³/mol. The van der Waals surface area contributed by atoms with E-state index in [1.807, 2.05) is 6.92 Å². The number of rotatable bonds is 3. The minimum Gasteiger partial charge on any atom is -0.367 e. The maximum Gasteiger partial charge on any atom is 0.137 e. The van der Waals surface area contributed by atoms with Crippen LogP contribution in [0, 0.1) is 18.8 Å². The lowest BCUT2D eigenvalue weighted by atomic mass is 9.95. The van der Waals surface area contributed by atoms with Crippen LogP contribution in [0.4, 0.5) is 5.82 Å². The summed E-state index contributed by atoms with van der Waals surface area (Å²) in [5.74, 6) is 3.85. The van der Waals surface area contributed by atoms with Gasteiger partial charge in [0, 0.05) is 17.5 Å². The molecule has 3 atom stereocenters. The highest BCUT2D eigenvalue weighted by molar-refractivity contribution is 6.30. The molecule has 2 saturated carbocycles. The van der Waals surface area contributed by atoms with Gasteiger partial charge in [-0.05, 0) is 38.0 Å². The van der Waals surface area contributed by atoms with Gasteiger partial charge in [0.1, 0.15) is 16.8 Å². The summed E-state index contributed by atoms with van der Waals surface area (Å²) in [6.07, 6.45) is 5.48. The number of hydrogen-bond donors (Lipinski definition) is 1. The highest BCUT2D eigenvalue weighted by Gasteiger charge is 2.39. The molecule has 2 bridgehead atoms. The zero-order valence-corrected chi connectivity index (χ0v) is 12.7. The van der Waals surface area contributed by atoms with E-state index >= 15 is 0 Å². The van der Waals surface area contributed by atoms with E-state index in [1.54, 1.807) is 0 Å². The van der Waals surface area contributed by atoms with E-state index in [4.69, 9.17) is 11.6 Å². The third kappa shape index (κ3) is 2.45. The van der Waals surface area contributed by atoms with Crippen molar-refractivity contribution in [1.82, 2.24) is 9.97 Å². The fourth-order valence-corrected chi connectivity index (χ4v) is 3.68. The highest BCUT2D eigenvalue weighted by atomic mass is 35.5. The summed E-state index contributed by atoms with van der Waals surface area (Å²) in [7, 11) is 0. The predicted octanol–water partition coefficient (Wildman–Crippen LogP) is 4.16. The van der Waals surface area contributed by atoms with Crippen molar-refractivity contribution in [1.29, 1.82) is 0 Å². The number of nitrogens with one attached hydrogen (secondary N) is 1. The number of hydrogen-bond acceptors (Lipinski definition) is 3. The van der Waals surface area contributed by atoms with Crippen molar-refractivity contribution in [3.8, 4) is 0 Å². The second-order valence-electron chi connectivity index (χ2n) is 6.43. The van der Waals surface area contributed by atoms with Gasteiger partial charge in [0.2, 0.25) is 0 Å². The van der Waals surface area contributed by atoms with Crippen molar-refractivity contribution in [2.75, 3.05) is 5.32 Å². The summed E-state index contributed by atoms with van der Waals surface area (Å²) in [5, 5.41) is 4.23. The molecule has 2 fully saturated rings. The number of nitrogens with zero attached hydrogens (tertiary/aromatic N) is 2. The molecule has 4 heteroatoms. The van der Waals surface area contributed by atoms with Crippen molar-refractivity contribution in [2.24, 2.45) is 11.8 Å². The van der Waals surface area contributed by atoms with Gasteiger partial charge >= 0.3 is 0 Å². The Morgan fingerprint density at radius 3 is 2.58 bits per heavy atom. The molecule has 1 aromatic rings. The zero-order valence-electron chi connectivity index (χ0n) is 11.9. The Morgan fingerprint density at radius 1 is 1.21 bits per heavy atom. The van der Waals surface area contributed by atoms with E-state index in [0.29, 0.717) is 17.1 Å². The van der Waals surface area contributed by atoms with Crippen molar-refractivity contribution >= 4 is 17.4 Å². The van der Waals surface area contributed by atoms with Crippen LogP contribution in [0.5, 0.6) is 0 Å². The van der Waals surface area contributed by atoms with E-state index in [1.165, 1.54) is 25.7 Å². The summed E-state index contributed by atoms with van der Waals surface area (Å²) in [6.45, 7) is 6.20. The van der Waals surface area contributed by atoms with Gasteiger partial charge in [-0.15, -0.1) is 0 Å². The summed E-state index contributed by atoms with van der Waals surface area (Å²) in [6, 6.07) is 0.587. The fraction of sp³-hybridized carbons (Fsp3) is 0.733. The Kier molecular flexibility index (Phi) is 3.42. The second kappa shape index (κ2) is 4.93. The molecule has 0 saturated heterocycles. The standard InChI is InChI=1S/C15H22ClN3/c1-8(2)14-18-13(16)9(3)15(19-14)17-12-7-10-4-5-11(12)6-10/h8,10-12H,4-7H2,1-3H3,(H,17,18,19). The zero-order chi connectivity index (χ0) is 13.6. The minimum atomic E-state index is 0.304. The molecule has 3 nitrogen and oxygen atoms in total. The maximum atomic E-state index is 6.24. The topological polar surface area (TPSA) is 37.8 Å². The summed E-state index contributed by atoms with van der Waals surface area (Å²) >= 11 is 6.24. The van der Waals surface area contributed by atoms with Crippen molar-refractivity contribution in [3.63, 3.8) is 0 Å². The Labute approximate surface area is 120 Å². The van der Waals surface area contributed by atoms with Crippen LogP contribution in [-0.2, 0) is 0 Å². The largest absolute Gasteiger partial charge is 0.367 e. The number of aromatic nitrogens is 2. The Morgan fingerprint density at radius 2 is 2.00 bits per heavy atom. The van der Waals surface area contributed by atoms with E-state index in [2.05, 4.69) is 29.1 Å². The second-order valence-corrected chi connectivity index (χ2v) is 6.78. The van der Waals surface area contributed by atoms with Gasteiger partial charge in [0.15, 0.2) is 0 Å². The molecule has 3 unspecified atom stereocenters. The average molecular weight is 280 g/mol. The molecule has 0 aliphatic heterocycles. The SMILES string of the molecule is Cc1c(Cl)nc(C(C)C)nc1NC1CC2CCC1C2. The lowest BCUT2D eigenvalue weighted by molar-refractivity contribution is 0.438. The van der Waals surface area contributed by atoms with Gasteiger partial charge < -0.3 is 5.32 Å². The van der Waals surface area contributed by atoms with E-state index < -0.39 is 0 Å². The van der Waals surface area contributed by atoms with E-state index in [-0.39, 0.29) is 0 Å². The third-order valence-corrected chi connectivity index (χ3v) is 5.05. The fourth-order valence-electron chi connectivity index (χ4n) is 3.50. The average Bonchev–Trinajstić information content (AvgIpc) is 2.96. The molecule has 2 aliphatic rings. The van der Waals surface area contributed by atoms with E-state index in [0.717, 1.165) is 29.0 Å². The summed E-state index contributed by atoms with van der Waals surface area (Å²) in [4.78, 5) is 9.04. The van der Waals surface area contributed by atoms with Gasteiger partial charge in [-0.25, -0.2) is 9.97 Å². The molecule has 19 heavy (non-hydrogen) atoms. The van der Waals surface area contributed by atoms with E-state index in [9.17, 15) is 0 Å². The van der Waals surface area contributed by atoms with Crippen LogP contribution in [0.1, 0.15) is 56.8 Å². The van der Waals surface area contributed by atoms with Gasteiger partial charge in [0.25, 0.3) is 0 Å². The molecule has 0 amide bonds. The first-order chi connectivity index (χ1) is 9.04. The lowest BCUT2D eigenvalue weighted by Gasteiger charge is -2.24. The van der Waals surface area contributed by atoms with Crippen molar-refractivity contribution in [3.05, 3.63) is 16.5 Å². The normalized spacial score (nSPS) is 29.2. The van der Waals surface area contributed by atoms with Crippen LogP contribution < -0.4 is 5.32 Å². The molecule has 1 aromatic heterocycles. The smallest absolute Gasteiger partial charge is 0.137 e. The molecule has 1 N–H and O–H groups in total. The van der Waals surface area contributed by atoms with Gasteiger partial charge in [-0.1, -0.05) is 31.9 Å². The molecule has 0 spiro atoms. The molecule has 1 heterocycles. The Balaban J connectivity index is 1.83. The maximum absolute atomic E-state index is 6.24. The first-order valence-electron chi connectivity index (χ1n) is 7.35. The molecule has 0 radical (unpaired) electrons. The first kappa shape index (κ1) is 13.2. The lowest BCUT2D eigenvalue weighted by Crippen LogP contribution is -2.27. The Hall–Kier alpha value is -0.830. The molecule has 0 aromatic carbocycles.